The van der Waals surface area contributed by atoms with E-state index in [2.05, 4.69) is 35.6 Å². The summed E-state index contributed by atoms with van der Waals surface area (Å²) in [5.41, 5.74) is 2.91. The number of aromatic nitrogens is 3. The van der Waals surface area contributed by atoms with Crippen LogP contribution < -0.4 is 4.74 Å². The molecule has 0 N–H and O–H groups in total. The van der Waals surface area contributed by atoms with Crippen molar-refractivity contribution < 1.29 is 35.5 Å². The fourth-order valence-corrected chi connectivity index (χ4v) is 4.49. The molecule has 2 aromatic heterocycles. The van der Waals surface area contributed by atoms with Crippen molar-refractivity contribution in [3.05, 3.63) is 96.1 Å². The Kier molecular flexibility index (Phi) is 7.16. The number of oxazole rings is 1. The zero-order valence-electron chi connectivity index (χ0n) is 22.9. The molecular formula is C31H25F6N3O2. The lowest BCUT2D eigenvalue weighted by Crippen LogP contribution is -2.16. The number of hydrogen-bond donors (Lipinski definition) is 0. The Morgan fingerprint density at radius 2 is 1.45 bits per heavy atom. The van der Waals surface area contributed by atoms with E-state index in [-0.39, 0.29) is 28.4 Å². The first-order valence-corrected chi connectivity index (χ1v) is 12.8. The van der Waals surface area contributed by atoms with Gasteiger partial charge in [0.25, 0.3) is 0 Å². The van der Waals surface area contributed by atoms with Crippen LogP contribution in [0.15, 0.2) is 83.4 Å². The molecule has 0 bridgehead atoms. The highest BCUT2D eigenvalue weighted by Crippen LogP contribution is 2.40. The molecule has 5 rings (SSSR count). The molecule has 0 aliphatic carbocycles. The van der Waals surface area contributed by atoms with Gasteiger partial charge in [-0.1, -0.05) is 51.1 Å². The van der Waals surface area contributed by atoms with E-state index >= 15 is 0 Å². The van der Waals surface area contributed by atoms with Crippen molar-refractivity contribution in [2.24, 2.45) is 0 Å². The molecule has 2 heterocycles. The van der Waals surface area contributed by atoms with Crippen LogP contribution in [-0.2, 0) is 11.6 Å². The SMILES string of the molecule is Cc1nc(-c2ccc(OC(F)(F)F)cc2)c(-c2cc(-c3cccc(C(C)(C)C)c3)ccc2-n2ccc(C(F)(F)F)n2)o1. The van der Waals surface area contributed by atoms with Gasteiger partial charge in [-0.25, -0.2) is 9.67 Å². The van der Waals surface area contributed by atoms with Gasteiger partial charge in [0, 0.05) is 24.2 Å². The zero-order chi connectivity index (χ0) is 30.4. The maximum Gasteiger partial charge on any atom is 0.573 e. The van der Waals surface area contributed by atoms with Crippen molar-refractivity contribution in [1.82, 2.24) is 14.8 Å². The lowest BCUT2D eigenvalue weighted by molar-refractivity contribution is -0.274. The van der Waals surface area contributed by atoms with Crippen LogP contribution in [0.2, 0.25) is 0 Å². The van der Waals surface area contributed by atoms with E-state index in [4.69, 9.17) is 4.42 Å². The molecule has 0 spiro atoms. The van der Waals surface area contributed by atoms with Gasteiger partial charge >= 0.3 is 12.5 Å². The van der Waals surface area contributed by atoms with Gasteiger partial charge in [-0.15, -0.1) is 13.2 Å². The van der Waals surface area contributed by atoms with Crippen LogP contribution in [0.5, 0.6) is 5.75 Å². The smallest absolute Gasteiger partial charge is 0.440 e. The second-order valence-corrected chi connectivity index (χ2v) is 10.7. The van der Waals surface area contributed by atoms with Gasteiger partial charge in [-0.05, 0) is 64.6 Å². The fraction of sp³-hybridized carbons (Fsp3) is 0.226. The lowest BCUT2D eigenvalue weighted by atomic mass is 9.85. The Morgan fingerprint density at radius 3 is 2.07 bits per heavy atom. The highest BCUT2D eigenvalue weighted by molar-refractivity contribution is 5.84. The quantitative estimate of drug-likeness (QED) is 0.193. The van der Waals surface area contributed by atoms with E-state index in [9.17, 15) is 26.3 Å². The summed E-state index contributed by atoms with van der Waals surface area (Å²) in [5, 5.41) is 3.75. The standard InChI is InChI=1S/C31H25F6N3O2/c1-18-38-27(19-8-11-23(12-9-19)42-31(35,36)37)28(41-18)24-17-21(20-6-5-7-22(16-20)29(2,3)4)10-13-25(24)40-15-14-26(39-40)30(32,33)34/h5-17H,1-4H3. The molecule has 218 valence electrons. The van der Waals surface area contributed by atoms with Gasteiger partial charge in [0.15, 0.2) is 17.3 Å². The first-order chi connectivity index (χ1) is 19.6. The molecule has 0 unspecified atom stereocenters. The van der Waals surface area contributed by atoms with E-state index in [1.54, 1.807) is 25.1 Å². The Hall–Kier alpha value is -4.54. The summed E-state index contributed by atoms with van der Waals surface area (Å²) in [5.74, 6) is 0.0497. The van der Waals surface area contributed by atoms with Gasteiger partial charge < -0.3 is 9.15 Å². The van der Waals surface area contributed by atoms with E-state index in [0.717, 1.165) is 39.6 Å². The molecule has 5 nitrogen and oxygen atoms in total. The highest BCUT2D eigenvalue weighted by atomic mass is 19.4. The average molecular weight is 586 g/mol. The van der Waals surface area contributed by atoms with Gasteiger partial charge in [-0.3, -0.25) is 0 Å². The normalized spacial score (nSPS) is 12.5. The molecule has 0 saturated carbocycles. The first-order valence-electron chi connectivity index (χ1n) is 12.8. The number of alkyl halides is 6. The molecule has 0 fully saturated rings. The van der Waals surface area contributed by atoms with Gasteiger partial charge in [-0.2, -0.15) is 18.3 Å². The minimum Gasteiger partial charge on any atom is -0.440 e. The Morgan fingerprint density at radius 1 is 0.786 bits per heavy atom. The predicted octanol–water partition coefficient (Wildman–Crippen LogP) is 9.38. The third-order valence-corrected chi connectivity index (χ3v) is 6.52. The van der Waals surface area contributed by atoms with E-state index in [0.29, 0.717) is 11.1 Å². The molecule has 11 heteroatoms. The monoisotopic (exact) mass is 585 g/mol. The molecule has 42 heavy (non-hydrogen) atoms. The van der Waals surface area contributed by atoms with Crippen LogP contribution in [0.25, 0.3) is 39.4 Å². The van der Waals surface area contributed by atoms with E-state index in [1.165, 1.54) is 18.3 Å². The minimum absolute atomic E-state index is 0.126. The maximum absolute atomic E-state index is 13.4. The summed E-state index contributed by atoms with van der Waals surface area (Å²) >= 11 is 0. The second-order valence-electron chi connectivity index (χ2n) is 10.7. The summed E-state index contributed by atoms with van der Waals surface area (Å²) in [6, 6.07) is 19.1. The Labute approximate surface area is 237 Å². The molecule has 0 radical (unpaired) electrons. The molecular weight excluding hydrogens is 560 g/mol. The van der Waals surface area contributed by atoms with Crippen LogP contribution >= 0.6 is 0 Å². The second kappa shape index (κ2) is 10.4. The molecule has 5 aromatic rings. The molecule has 0 aliphatic rings. The van der Waals surface area contributed by atoms with E-state index in [1.807, 2.05) is 24.3 Å². The number of ether oxygens (including phenoxy) is 1. The summed E-state index contributed by atoms with van der Waals surface area (Å²) in [6.07, 6.45) is -8.30. The lowest BCUT2D eigenvalue weighted by Gasteiger charge is -2.20. The van der Waals surface area contributed by atoms with Crippen LogP contribution in [0.3, 0.4) is 0 Å². The van der Waals surface area contributed by atoms with Gasteiger partial charge in [0.2, 0.25) is 0 Å². The topological polar surface area (TPSA) is 53.1 Å². The van der Waals surface area contributed by atoms with Crippen molar-refractivity contribution in [3.63, 3.8) is 0 Å². The number of halogens is 6. The highest BCUT2D eigenvalue weighted by Gasteiger charge is 2.34. The predicted molar refractivity (Wildman–Crippen MR) is 145 cm³/mol. The molecule has 0 saturated heterocycles. The third-order valence-electron chi connectivity index (χ3n) is 6.52. The van der Waals surface area contributed by atoms with Crippen molar-refractivity contribution in [2.75, 3.05) is 0 Å². The number of rotatable bonds is 5. The minimum atomic E-state index is -4.85. The van der Waals surface area contributed by atoms with E-state index < -0.39 is 24.0 Å². The summed E-state index contributed by atoms with van der Waals surface area (Å²) in [6.45, 7) is 7.86. The van der Waals surface area contributed by atoms with Crippen molar-refractivity contribution in [1.29, 1.82) is 0 Å². The largest absolute Gasteiger partial charge is 0.573 e. The van der Waals surface area contributed by atoms with Crippen LogP contribution in [0.4, 0.5) is 26.3 Å². The number of hydrogen-bond acceptors (Lipinski definition) is 4. The van der Waals surface area contributed by atoms with Gasteiger partial charge in [0.1, 0.15) is 11.4 Å². The number of nitrogens with zero attached hydrogens (tertiary/aromatic N) is 3. The molecule has 0 aliphatic heterocycles. The van der Waals surface area contributed by atoms with Crippen molar-refractivity contribution in [2.45, 2.75) is 45.6 Å². The molecule has 0 amide bonds. The molecule has 0 atom stereocenters. The van der Waals surface area contributed by atoms with Crippen molar-refractivity contribution >= 4 is 0 Å². The Bertz CT molecular complexity index is 1730. The summed E-state index contributed by atoms with van der Waals surface area (Å²) < 4.78 is 89.3. The fourth-order valence-electron chi connectivity index (χ4n) is 4.49. The molecule has 3 aromatic carbocycles. The number of aryl methyl sites for hydroxylation is 1. The average Bonchev–Trinajstić information content (AvgIpc) is 3.55. The van der Waals surface area contributed by atoms with Crippen molar-refractivity contribution in [3.8, 4) is 45.1 Å². The van der Waals surface area contributed by atoms with Crippen LogP contribution in [-0.4, -0.2) is 21.1 Å². The van der Waals surface area contributed by atoms with Crippen LogP contribution in [0.1, 0.15) is 37.9 Å². The van der Waals surface area contributed by atoms with Crippen LogP contribution in [0, 0.1) is 6.92 Å². The maximum atomic E-state index is 13.4. The zero-order valence-corrected chi connectivity index (χ0v) is 22.9. The summed E-state index contributed by atoms with van der Waals surface area (Å²) in [4.78, 5) is 4.45. The van der Waals surface area contributed by atoms with Gasteiger partial charge in [0.05, 0.1) is 5.69 Å². The Balaban J connectivity index is 1.68. The first kappa shape index (κ1) is 29.0. The number of benzene rings is 3. The third kappa shape index (κ3) is 6.19. The summed E-state index contributed by atoms with van der Waals surface area (Å²) in [7, 11) is 0.